The molecule has 0 aliphatic carbocycles. The molecule has 1 saturated heterocycles. The van der Waals surface area contributed by atoms with Crippen LogP contribution in [-0.4, -0.2) is 59.8 Å². The zero-order chi connectivity index (χ0) is 18.6. The maximum absolute atomic E-state index is 13.5. The summed E-state index contributed by atoms with van der Waals surface area (Å²) in [6, 6.07) is 4.97. The standard InChI is InChI=1S/C15H17FN4O5/c1-9(25-11-6-4-3-5-10(11)16)14(23)18-17-12(21)7-20-13(22)8-19(2)15(20)24/h3-6,9H,7-8H2,1-2H3,(H,17,21)(H,18,23)/t9-/m1/s1. The van der Waals surface area contributed by atoms with Gasteiger partial charge in [-0.15, -0.1) is 0 Å². The van der Waals surface area contributed by atoms with Gasteiger partial charge in [0.25, 0.3) is 17.7 Å². The first-order chi connectivity index (χ1) is 11.8. The van der Waals surface area contributed by atoms with E-state index in [9.17, 15) is 23.6 Å². The van der Waals surface area contributed by atoms with Crippen LogP contribution in [0.4, 0.5) is 9.18 Å². The molecule has 1 aromatic carbocycles. The van der Waals surface area contributed by atoms with Gasteiger partial charge < -0.3 is 9.64 Å². The summed E-state index contributed by atoms with van der Waals surface area (Å²) in [7, 11) is 1.43. The minimum atomic E-state index is -1.08. The van der Waals surface area contributed by atoms with Crippen LogP contribution in [0.25, 0.3) is 0 Å². The second-order valence-electron chi connectivity index (χ2n) is 5.35. The van der Waals surface area contributed by atoms with E-state index < -0.39 is 42.2 Å². The third-order valence-corrected chi connectivity index (χ3v) is 3.37. The fourth-order valence-electron chi connectivity index (χ4n) is 2.02. The first-order valence-electron chi connectivity index (χ1n) is 7.35. The Labute approximate surface area is 142 Å². The highest BCUT2D eigenvalue weighted by molar-refractivity contribution is 6.04. The topological polar surface area (TPSA) is 108 Å². The summed E-state index contributed by atoms with van der Waals surface area (Å²) in [4.78, 5) is 48.7. The molecule has 5 amide bonds. The summed E-state index contributed by atoms with van der Waals surface area (Å²) in [6.07, 6.45) is -1.08. The lowest BCUT2D eigenvalue weighted by atomic mass is 10.3. The van der Waals surface area contributed by atoms with Gasteiger partial charge in [-0.25, -0.2) is 9.18 Å². The van der Waals surface area contributed by atoms with Crippen LogP contribution in [0.3, 0.4) is 0 Å². The van der Waals surface area contributed by atoms with Crippen LogP contribution in [0.1, 0.15) is 6.92 Å². The molecule has 1 fully saturated rings. The maximum atomic E-state index is 13.5. The van der Waals surface area contributed by atoms with E-state index in [-0.39, 0.29) is 12.3 Å². The highest BCUT2D eigenvalue weighted by Gasteiger charge is 2.34. The monoisotopic (exact) mass is 352 g/mol. The lowest BCUT2D eigenvalue weighted by molar-refractivity contribution is -0.134. The molecule has 1 atom stereocenters. The third kappa shape index (κ3) is 4.43. The van der Waals surface area contributed by atoms with Crippen LogP contribution < -0.4 is 15.6 Å². The van der Waals surface area contributed by atoms with Gasteiger partial charge in [0, 0.05) is 7.05 Å². The van der Waals surface area contributed by atoms with E-state index >= 15 is 0 Å². The number of amides is 5. The predicted octanol–water partition coefficient (Wildman–Crippen LogP) is -0.366. The zero-order valence-corrected chi connectivity index (χ0v) is 13.6. The minimum Gasteiger partial charge on any atom is -0.478 e. The van der Waals surface area contributed by atoms with Crippen molar-refractivity contribution in [1.82, 2.24) is 20.7 Å². The third-order valence-electron chi connectivity index (χ3n) is 3.37. The molecule has 0 radical (unpaired) electrons. The second-order valence-corrected chi connectivity index (χ2v) is 5.35. The number of carbonyl (C=O) groups is 4. The van der Waals surface area contributed by atoms with Crippen LogP contribution in [0.15, 0.2) is 24.3 Å². The fourth-order valence-corrected chi connectivity index (χ4v) is 2.02. The van der Waals surface area contributed by atoms with Gasteiger partial charge in [-0.1, -0.05) is 12.1 Å². The SMILES string of the molecule is C[C@@H](Oc1ccccc1F)C(=O)NNC(=O)CN1C(=O)CN(C)C1=O. The number of benzene rings is 1. The molecule has 2 rings (SSSR count). The van der Waals surface area contributed by atoms with Crippen molar-refractivity contribution in [2.75, 3.05) is 20.1 Å². The number of urea groups is 1. The number of imide groups is 1. The molecule has 2 N–H and O–H groups in total. The first kappa shape index (κ1) is 18.2. The first-order valence-corrected chi connectivity index (χ1v) is 7.35. The Balaban J connectivity index is 1.81. The molecule has 0 aromatic heterocycles. The fraction of sp³-hybridized carbons (Fsp3) is 0.333. The van der Waals surface area contributed by atoms with Gasteiger partial charge in [0.1, 0.15) is 13.1 Å². The average molecular weight is 352 g/mol. The number of para-hydroxylation sites is 1. The number of ether oxygens (including phenoxy) is 1. The molecule has 134 valence electrons. The highest BCUT2D eigenvalue weighted by Crippen LogP contribution is 2.16. The number of likely N-dealkylation sites (N-methyl/N-ethyl adjacent to an activating group) is 1. The Kier molecular flexibility index (Phi) is 5.52. The van der Waals surface area contributed by atoms with E-state index in [1.54, 1.807) is 6.07 Å². The molecule has 0 saturated carbocycles. The van der Waals surface area contributed by atoms with Gasteiger partial charge in [-0.3, -0.25) is 30.1 Å². The lowest BCUT2D eigenvalue weighted by Gasteiger charge is -2.17. The highest BCUT2D eigenvalue weighted by atomic mass is 19.1. The Hall–Kier alpha value is -3.17. The molecule has 1 heterocycles. The van der Waals surface area contributed by atoms with Crippen molar-refractivity contribution < 1.29 is 28.3 Å². The van der Waals surface area contributed by atoms with Crippen LogP contribution >= 0.6 is 0 Å². The van der Waals surface area contributed by atoms with Crippen LogP contribution in [-0.2, 0) is 14.4 Å². The number of hydrazine groups is 1. The van der Waals surface area contributed by atoms with Crippen molar-refractivity contribution in [3.63, 3.8) is 0 Å². The van der Waals surface area contributed by atoms with E-state index in [0.717, 1.165) is 4.90 Å². The van der Waals surface area contributed by atoms with E-state index in [1.807, 2.05) is 0 Å². The Morgan fingerprint density at radius 2 is 1.96 bits per heavy atom. The van der Waals surface area contributed by atoms with Crippen molar-refractivity contribution in [2.24, 2.45) is 0 Å². The normalized spacial score (nSPS) is 15.2. The molecular formula is C15H17FN4O5. The second kappa shape index (κ2) is 7.60. The minimum absolute atomic E-state index is 0.104. The molecular weight excluding hydrogens is 335 g/mol. The van der Waals surface area contributed by atoms with Gasteiger partial charge in [0.15, 0.2) is 17.7 Å². The summed E-state index contributed by atoms with van der Waals surface area (Å²) in [5.41, 5.74) is 4.16. The molecule has 9 nitrogen and oxygen atoms in total. The van der Waals surface area contributed by atoms with Gasteiger partial charge in [0.2, 0.25) is 0 Å². The Morgan fingerprint density at radius 3 is 2.56 bits per heavy atom. The largest absolute Gasteiger partial charge is 0.478 e. The van der Waals surface area contributed by atoms with Crippen molar-refractivity contribution >= 4 is 23.8 Å². The number of halogens is 1. The van der Waals surface area contributed by atoms with E-state index in [2.05, 4.69) is 10.9 Å². The van der Waals surface area contributed by atoms with Gasteiger partial charge >= 0.3 is 6.03 Å². The van der Waals surface area contributed by atoms with Gasteiger partial charge in [0.05, 0.1) is 0 Å². The predicted molar refractivity (Wildman–Crippen MR) is 82.5 cm³/mol. The van der Waals surface area contributed by atoms with Crippen molar-refractivity contribution in [2.45, 2.75) is 13.0 Å². The quantitative estimate of drug-likeness (QED) is 0.555. The molecule has 1 aromatic rings. The lowest BCUT2D eigenvalue weighted by Crippen LogP contribution is -2.50. The smallest absolute Gasteiger partial charge is 0.327 e. The Bertz CT molecular complexity index is 711. The molecule has 0 bridgehead atoms. The average Bonchev–Trinajstić information content (AvgIpc) is 2.81. The van der Waals surface area contributed by atoms with Crippen molar-refractivity contribution in [3.05, 3.63) is 30.1 Å². The van der Waals surface area contributed by atoms with Crippen LogP contribution in [0, 0.1) is 5.82 Å². The number of rotatable bonds is 5. The summed E-state index contributed by atoms with van der Waals surface area (Å²) >= 11 is 0. The number of carbonyl (C=O) groups excluding carboxylic acids is 4. The molecule has 10 heteroatoms. The van der Waals surface area contributed by atoms with Crippen LogP contribution in [0.5, 0.6) is 5.75 Å². The van der Waals surface area contributed by atoms with E-state index in [4.69, 9.17) is 4.74 Å². The van der Waals surface area contributed by atoms with E-state index in [1.165, 1.54) is 37.1 Å². The number of nitrogens with one attached hydrogen (secondary N) is 2. The molecule has 25 heavy (non-hydrogen) atoms. The zero-order valence-electron chi connectivity index (χ0n) is 13.6. The number of nitrogens with zero attached hydrogens (tertiary/aromatic N) is 2. The van der Waals surface area contributed by atoms with Gasteiger partial charge in [-0.2, -0.15) is 0 Å². The molecule has 0 unspecified atom stereocenters. The Morgan fingerprint density at radius 1 is 1.28 bits per heavy atom. The van der Waals surface area contributed by atoms with Crippen molar-refractivity contribution in [1.29, 1.82) is 0 Å². The maximum Gasteiger partial charge on any atom is 0.327 e. The molecule has 1 aliphatic rings. The molecule has 1 aliphatic heterocycles. The van der Waals surface area contributed by atoms with Crippen LogP contribution in [0.2, 0.25) is 0 Å². The number of hydrogen-bond acceptors (Lipinski definition) is 5. The summed E-state index contributed by atoms with van der Waals surface area (Å²) < 4.78 is 18.6. The molecule has 0 spiro atoms. The van der Waals surface area contributed by atoms with E-state index in [0.29, 0.717) is 0 Å². The summed E-state index contributed by atoms with van der Waals surface area (Å²) in [5.74, 6) is -2.73. The van der Waals surface area contributed by atoms with Gasteiger partial charge in [-0.05, 0) is 19.1 Å². The van der Waals surface area contributed by atoms with Crippen molar-refractivity contribution in [3.8, 4) is 5.75 Å². The summed E-state index contributed by atoms with van der Waals surface area (Å²) in [6.45, 7) is 0.743. The summed E-state index contributed by atoms with van der Waals surface area (Å²) in [5, 5.41) is 0. The number of hydrogen-bond donors (Lipinski definition) is 2.